The molecule has 0 radical (unpaired) electrons. The van der Waals surface area contributed by atoms with Gasteiger partial charge in [-0.2, -0.15) is 0 Å². The van der Waals surface area contributed by atoms with Crippen LogP contribution in [0.25, 0.3) is 10.9 Å². The second kappa shape index (κ2) is 6.58. The first-order chi connectivity index (χ1) is 12.1. The number of benzene rings is 2. The molecule has 1 aromatic heterocycles. The summed E-state index contributed by atoms with van der Waals surface area (Å²) in [5.41, 5.74) is 4.11. The van der Waals surface area contributed by atoms with Gasteiger partial charge in [-0.3, -0.25) is 9.88 Å². The van der Waals surface area contributed by atoms with E-state index < -0.39 is 5.97 Å². The molecule has 0 aliphatic carbocycles. The average molecular weight is 397 g/mol. The lowest BCUT2D eigenvalue weighted by atomic mass is 9.95. The number of halogens is 1. The number of rotatable bonds is 3. The van der Waals surface area contributed by atoms with Crippen molar-refractivity contribution in [2.75, 3.05) is 6.54 Å². The van der Waals surface area contributed by atoms with Gasteiger partial charge in [0.1, 0.15) is 0 Å². The first kappa shape index (κ1) is 16.2. The van der Waals surface area contributed by atoms with Crippen LogP contribution in [0.1, 0.15) is 27.2 Å². The van der Waals surface area contributed by atoms with Gasteiger partial charge < -0.3 is 5.11 Å². The molecule has 3 aromatic rings. The molecular formula is C20H17BrN2O2. The molecule has 1 N–H and O–H groups in total. The van der Waals surface area contributed by atoms with Gasteiger partial charge in [-0.25, -0.2) is 4.79 Å². The van der Waals surface area contributed by atoms with E-state index in [9.17, 15) is 9.90 Å². The Hall–Kier alpha value is -2.24. The van der Waals surface area contributed by atoms with Crippen LogP contribution >= 0.6 is 15.9 Å². The largest absolute Gasteiger partial charge is 0.478 e. The van der Waals surface area contributed by atoms with E-state index in [0.717, 1.165) is 40.8 Å². The van der Waals surface area contributed by atoms with Crippen molar-refractivity contribution in [2.45, 2.75) is 19.5 Å². The van der Waals surface area contributed by atoms with Crippen molar-refractivity contribution in [3.8, 4) is 0 Å². The van der Waals surface area contributed by atoms with Crippen LogP contribution in [0.5, 0.6) is 0 Å². The standard InChI is InChI=1S/C20H17BrN2O2/c21-16-8-4-7-14-18(20(24)25)15-12-23(10-9-17(15)22-19(14)16)11-13-5-2-1-3-6-13/h1-8H,9-12H2,(H,24,25). The van der Waals surface area contributed by atoms with Crippen molar-refractivity contribution in [2.24, 2.45) is 0 Å². The van der Waals surface area contributed by atoms with Crippen molar-refractivity contribution in [3.63, 3.8) is 0 Å². The van der Waals surface area contributed by atoms with Crippen molar-refractivity contribution < 1.29 is 9.90 Å². The zero-order chi connectivity index (χ0) is 17.4. The van der Waals surface area contributed by atoms with Crippen LogP contribution in [0.4, 0.5) is 0 Å². The highest BCUT2D eigenvalue weighted by molar-refractivity contribution is 9.10. The molecule has 0 fully saturated rings. The highest BCUT2D eigenvalue weighted by atomic mass is 79.9. The Morgan fingerprint density at radius 2 is 1.96 bits per heavy atom. The number of pyridine rings is 1. The van der Waals surface area contributed by atoms with E-state index in [4.69, 9.17) is 4.98 Å². The first-order valence-corrected chi connectivity index (χ1v) is 9.02. The summed E-state index contributed by atoms with van der Waals surface area (Å²) >= 11 is 3.50. The van der Waals surface area contributed by atoms with Crippen LogP contribution in [0.15, 0.2) is 53.0 Å². The minimum absolute atomic E-state index is 0.388. The Labute approximate surface area is 154 Å². The molecule has 1 aliphatic heterocycles. The zero-order valence-electron chi connectivity index (χ0n) is 13.6. The molecule has 2 aromatic carbocycles. The SMILES string of the molecule is O=C(O)c1c2c(nc3c(Br)cccc13)CCN(Cc1ccccc1)C2. The number of fused-ring (bicyclic) bond motifs is 2. The summed E-state index contributed by atoms with van der Waals surface area (Å²) in [6.45, 7) is 2.31. The summed E-state index contributed by atoms with van der Waals surface area (Å²) < 4.78 is 0.835. The molecule has 0 saturated heterocycles. The Morgan fingerprint density at radius 1 is 1.16 bits per heavy atom. The minimum Gasteiger partial charge on any atom is -0.478 e. The molecule has 126 valence electrons. The predicted molar refractivity (Wildman–Crippen MR) is 101 cm³/mol. The Bertz CT molecular complexity index is 957. The van der Waals surface area contributed by atoms with Crippen LogP contribution in [0.3, 0.4) is 0 Å². The summed E-state index contributed by atoms with van der Waals surface area (Å²) in [6.07, 6.45) is 0.764. The number of carbonyl (C=O) groups is 1. The molecule has 0 amide bonds. The fourth-order valence-electron chi connectivity index (χ4n) is 3.50. The van der Waals surface area contributed by atoms with Crippen molar-refractivity contribution in [3.05, 3.63) is 75.4 Å². The highest BCUT2D eigenvalue weighted by Gasteiger charge is 2.26. The summed E-state index contributed by atoms with van der Waals surface area (Å²) in [6, 6.07) is 15.9. The number of carboxylic acid groups (broad SMARTS) is 1. The van der Waals surface area contributed by atoms with Crippen LogP contribution in [0, 0.1) is 0 Å². The lowest BCUT2D eigenvalue weighted by Crippen LogP contribution is -2.32. The molecule has 0 saturated carbocycles. The van der Waals surface area contributed by atoms with E-state index in [1.807, 2.05) is 36.4 Å². The number of carboxylic acids is 1. The monoisotopic (exact) mass is 396 g/mol. The van der Waals surface area contributed by atoms with Crippen molar-refractivity contribution in [1.29, 1.82) is 0 Å². The van der Waals surface area contributed by atoms with Crippen LogP contribution < -0.4 is 0 Å². The molecule has 0 spiro atoms. The van der Waals surface area contributed by atoms with Gasteiger partial charge in [-0.1, -0.05) is 42.5 Å². The van der Waals surface area contributed by atoms with Gasteiger partial charge in [0.2, 0.25) is 0 Å². The van der Waals surface area contributed by atoms with E-state index >= 15 is 0 Å². The third-order valence-corrected chi connectivity index (χ3v) is 5.30. The quantitative estimate of drug-likeness (QED) is 0.718. The van der Waals surface area contributed by atoms with Crippen molar-refractivity contribution >= 4 is 32.8 Å². The number of hydrogen-bond donors (Lipinski definition) is 1. The van der Waals surface area contributed by atoms with Crippen LogP contribution in [0.2, 0.25) is 0 Å². The number of aromatic carboxylic acids is 1. The van der Waals surface area contributed by atoms with Gasteiger partial charge in [-0.05, 0) is 27.6 Å². The maximum Gasteiger partial charge on any atom is 0.336 e. The molecule has 25 heavy (non-hydrogen) atoms. The summed E-state index contributed by atoms with van der Waals surface area (Å²) in [4.78, 5) is 19.1. The lowest BCUT2D eigenvalue weighted by Gasteiger charge is -2.29. The molecule has 4 nitrogen and oxygen atoms in total. The Morgan fingerprint density at radius 3 is 2.72 bits per heavy atom. The molecule has 1 aliphatic rings. The van der Waals surface area contributed by atoms with E-state index in [-0.39, 0.29) is 0 Å². The summed E-state index contributed by atoms with van der Waals surface area (Å²) in [5, 5.41) is 10.5. The second-order valence-corrected chi connectivity index (χ2v) is 7.15. The average Bonchev–Trinajstić information content (AvgIpc) is 2.61. The van der Waals surface area contributed by atoms with E-state index in [1.54, 1.807) is 0 Å². The van der Waals surface area contributed by atoms with Gasteiger partial charge >= 0.3 is 5.97 Å². The third-order valence-electron chi connectivity index (χ3n) is 4.66. The molecule has 2 heterocycles. The summed E-state index contributed by atoms with van der Waals surface area (Å²) in [5.74, 6) is -0.886. The minimum atomic E-state index is -0.886. The van der Waals surface area contributed by atoms with Gasteiger partial charge in [0.05, 0.1) is 11.1 Å². The molecule has 5 heteroatoms. The highest BCUT2D eigenvalue weighted by Crippen LogP contribution is 2.32. The van der Waals surface area contributed by atoms with Crippen LogP contribution in [-0.4, -0.2) is 27.5 Å². The summed E-state index contributed by atoms with van der Waals surface area (Å²) in [7, 11) is 0. The van der Waals surface area contributed by atoms with Gasteiger partial charge in [0, 0.05) is 47.2 Å². The zero-order valence-corrected chi connectivity index (χ0v) is 15.2. The van der Waals surface area contributed by atoms with Crippen LogP contribution in [-0.2, 0) is 19.5 Å². The maximum absolute atomic E-state index is 12.0. The number of hydrogen-bond acceptors (Lipinski definition) is 3. The first-order valence-electron chi connectivity index (χ1n) is 8.23. The van der Waals surface area contributed by atoms with Gasteiger partial charge in [0.15, 0.2) is 0 Å². The number of para-hydroxylation sites is 1. The van der Waals surface area contributed by atoms with E-state index in [2.05, 4.69) is 33.0 Å². The molecule has 4 rings (SSSR count). The topological polar surface area (TPSA) is 53.4 Å². The second-order valence-electron chi connectivity index (χ2n) is 6.30. The molecule has 0 unspecified atom stereocenters. The van der Waals surface area contributed by atoms with E-state index in [0.29, 0.717) is 17.5 Å². The Kier molecular flexibility index (Phi) is 4.27. The number of nitrogens with zero attached hydrogens (tertiary/aromatic N) is 2. The number of aromatic nitrogens is 1. The van der Waals surface area contributed by atoms with E-state index in [1.165, 1.54) is 5.56 Å². The van der Waals surface area contributed by atoms with Gasteiger partial charge in [-0.15, -0.1) is 0 Å². The fourth-order valence-corrected chi connectivity index (χ4v) is 3.96. The Balaban J connectivity index is 1.77. The van der Waals surface area contributed by atoms with Crippen molar-refractivity contribution in [1.82, 2.24) is 9.88 Å². The normalized spacial score (nSPS) is 14.4. The molecular weight excluding hydrogens is 380 g/mol. The third kappa shape index (κ3) is 3.05. The maximum atomic E-state index is 12.0. The fraction of sp³-hybridized carbons (Fsp3) is 0.200. The predicted octanol–water partition coefficient (Wildman–Crippen LogP) is 4.25. The lowest BCUT2D eigenvalue weighted by molar-refractivity contribution is 0.0695. The smallest absolute Gasteiger partial charge is 0.336 e. The molecule has 0 atom stereocenters. The molecule has 0 bridgehead atoms. The van der Waals surface area contributed by atoms with Gasteiger partial charge in [0.25, 0.3) is 0 Å².